The van der Waals surface area contributed by atoms with E-state index < -0.39 is 9.84 Å². The molecule has 0 aromatic heterocycles. The first-order valence-electron chi connectivity index (χ1n) is 7.47. The van der Waals surface area contributed by atoms with Gasteiger partial charge in [-0.3, -0.25) is 4.79 Å². The van der Waals surface area contributed by atoms with E-state index in [2.05, 4.69) is 4.99 Å². The zero-order chi connectivity index (χ0) is 16.2. The fourth-order valence-corrected chi connectivity index (χ4v) is 7.11. The molecule has 2 saturated heterocycles. The van der Waals surface area contributed by atoms with Gasteiger partial charge in [-0.15, -0.1) is 0 Å². The van der Waals surface area contributed by atoms with Crippen LogP contribution in [0.2, 0.25) is 5.02 Å². The van der Waals surface area contributed by atoms with Gasteiger partial charge in [-0.2, -0.15) is 4.99 Å². The summed E-state index contributed by atoms with van der Waals surface area (Å²) in [7, 11) is -3.05. The van der Waals surface area contributed by atoms with Crippen LogP contribution in [0.15, 0.2) is 29.3 Å². The Morgan fingerprint density at radius 3 is 2.78 bits per heavy atom. The summed E-state index contributed by atoms with van der Waals surface area (Å²) in [6, 6.07) is 7.06. The normalized spacial score (nSPS) is 30.7. The first-order chi connectivity index (χ1) is 10.9. The maximum Gasteiger partial charge on any atom is 0.251 e. The SMILES string of the molecule is O=C(N=C1S[C@H]2CS(=O)(=O)C[C@@H]2N1c1cccc(Cl)c1)C1CC1. The third-order valence-electron chi connectivity index (χ3n) is 4.29. The van der Waals surface area contributed by atoms with Crippen LogP contribution in [-0.2, 0) is 14.6 Å². The fraction of sp³-hybridized carbons (Fsp3) is 0.467. The number of carbonyl (C=O) groups excluding carboxylic acids is 1. The summed E-state index contributed by atoms with van der Waals surface area (Å²) in [6.07, 6.45) is 1.80. The molecular formula is C15H15ClN2O3S2. The molecule has 1 aromatic rings. The number of amides is 1. The van der Waals surface area contributed by atoms with Gasteiger partial charge in [0.05, 0.1) is 17.5 Å². The van der Waals surface area contributed by atoms with Crippen LogP contribution in [0.4, 0.5) is 5.69 Å². The number of hydrogen-bond acceptors (Lipinski definition) is 4. The number of carbonyl (C=O) groups is 1. The van der Waals surface area contributed by atoms with Crippen LogP contribution in [-0.4, -0.2) is 42.3 Å². The molecule has 3 aliphatic rings. The fourth-order valence-electron chi connectivity index (χ4n) is 3.01. The minimum absolute atomic E-state index is 0.0495. The summed E-state index contributed by atoms with van der Waals surface area (Å²) in [5.41, 5.74) is 0.789. The highest BCUT2D eigenvalue weighted by molar-refractivity contribution is 8.16. The molecule has 23 heavy (non-hydrogen) atoms. The van der Waals surface area contributed by atoms with E-state index in [0.29, 0.717) is 10.2 Å². The number of benzene rings is 1. The van der Waals surface area contributed by atoms with Gasteiger partial charge >= 0.3 is 0 Å². The van der Waals surface area contributed by atoms with Crippen molar-refractivity contribution in [2.45, 2.75) is 24.1 Å². The quantitative estimate of drug-likeness (QED) is 0.799. The Bertz CT molecular complexity index is 805. The number of sulfone groups is 1. The summed E-state index contributed by atoms with van der Waals surface area (Å²) < 4.78 is 23.9. The number of fused-ring (bicyclic) bond motifs is 1. The third-order valence-corrected chi connectivity index (χ3v) is 7.73. The minimum atomic E-state index is -3.05. The van der Waals surface area contributed by atoms with E-state index in [1.54, 1.807) is 12.1 Å². The van der Waals surface area contributed by atoms with Crippen molar-refractivity contribution in [3.63, 3.8) is 0 Å². The molecular weight excluding hydrogens is 356 g/mol. The number of hydrogen-bond donors (Lipinski definition) is 0. The summed E-state index contributed by atoms with van der Waals surface area (Å²) in [5, 5.41) is 1.10. The first kappa shape index (κ1) is 15.5. The van der Waals surface area contributed by atoms with Gasteiger partial charge in [0.2, 0.25) is 0 Å². The molecule has 0 bridgehead atoms. The molecule has 122 valence electrons. The van der Waals surface area contributed by atoms with E-state index in [9.17, 15) is 13.2 Å². The van der Waals surface area contributed by atoms with E-state index in [0.717, 1.165) is 18.5 Å². The lowest BCUT2D eigenvalue weighted by molar-refractivity contribution is -0.118. The van der Waals surface area contributed by atoms with Crippen LogP contribution in [0.1, 0.15) is 12.8 Å². The number of thioether (sulfide) groups is 1. The molecule has 2 atom stereocenters. The summed E-state index contributed by atoms with van der Waals surface area (Å²) >= 11 is 7.48. The molecule has 5 nitrogen and oxygen atoms in total. The van der Waals surface area contributed by atoms with Crippen molar-refractivity contribution in [3.05, 3.63) is 29.3 Å². The van der Waals surface area contributed by atoms with E-state index in [1.165, 1.54) is 11.8 Å². The highest BCUT2D eigenvalue weighted by Gasteiger charge is 2.49. The Morgan fingerprint density at radius 1 is 1.30 bits per heavy atom. The topological polar surface area (TPSA) is 66.8 Å². The average Bonchev–Trinajstić information content (AvgIpc) is 3.20. The molecule has 1 aliphatic carbocycles. The largest absolute Gasteiger partial charge is 0.316 e. The number of amidine groups is 1. The Hall–Kier alpha value is -1.05. The highest BCUT2D eigenvalue weighted by atomic mass is 35.5. The molecule has 3 fully saturated rings. The second-order valence-electron chi connectivity index (χ2n) is 6.16. The minimum Gasteiger partial charge on any atom is -0.316 e. The Labute approximate surface area is 144 Å². The van der Waals surface area contributed by atoms with Gasteiger partial charge in [0.15, 0.2) is 15.0 Å². The van der Waals surface area contributed by atoms with E-state index >= 15 is 0 Å². The zero-order valence-electron chi connectivity index (χ0n) is 12.2. The Morgan fingerprint density at radius 2 is 2.09 bits per heavy atom. The molecule has 4 rings (SSSR count). The van der Waals surface area contributed by atoms with Gasteiger partial charge in [0.25, 0.3) is 5.91 Å². The predicted octanol–water partition coefficient (Wildman–Crippen LogP) is 2.35. The molecule has 8 heteroatoms. The Balaban J connectivity index is 1.73. The van der Waals surface area contributed by atoms with Crippen molar-refractivity contribution >= 4 is 50.0 Å². The molecule has 1 aromatic carbocycles. The lowest BCUT2D eigenvalue weighted by atomic mass is 10.2. The molecule has 2 heterocycles. The maximum absolute atomic E-state index is 12.1. The summed E-state index contributed by atoms with van der Waals surface area (Å²) in [6.45, 7) is 0. The number of aliphatic imine (C=N–C) groups is 1. The van der Waals surface area contributed by atoms with Gasteiger partial charge in [0, 0.05) is 21.9 Å². The summed E-state index contributed by atoms with van der Waals surface area (Å²) in [4.78, 5) is 18.2. The average molecular weight is 371 g/mol. The molecule has 0 N–H and O–H groups in total. The predicted molar refractivity (Wildman–Crippen MR) is 92.9 cm³/mol. The van der Waals surface area contributed by atoms with Crippen LogP contribution in [0, 0.1) is 5.92 Å². The van der Waals surface area contributed by atoms with Crippen molar-refractivity contribution in [1.29, 1.82) is 0 Å². The van der Waals surface area contributed by atoms with Gasteiger partial charge in [-0.05, 0) is 31.0 Å². The van der Waals surface area contributed by atoms with E-state index in [4.69, 9.17) is 11.6 Å². The Kier molecular flexibility index (Phi) is 3.70. The lowest BCUT2D eigenvalue weighted by Gasteiger charge is -2.24. The van der Waals surface area contributed by atoms with Gasteiger partial charge in [0.1, 0.15) is 0 Å². The first-order valence-corrected chi connectivity index (χ1v) is 10.6. The van der Waals surface area contributed by atoms with Crippen LogP contribution >= 0.6 is 23.4 Å². The standard InChI is InChI=1S/C15H15ClN2O3S2/c16-10-2-1-3-11(6-10)18-12-7-23(20,21)8-13(12)22-15(18)17-14(19)9-4-5-9/h1-3,6,9,12-13H,4-5,7-8H2/t12-,13-/m0/s1. The monoisotopic (exact) mass is 370 g/mol. The molecule has 0 unspecified atom stereocenters. The highest BCUT2D eigenvalue weighted by Crippen LogP contribution is 2.42. The lowest BCUT2D eigenvalue weighted by Crippen LogP contribution is -2.37. The van der Waals surface area contributed by atoms with Crippen molar-refractivity contribution in [3.8, 4) is 0 Å². The molecule has 0 radical (unpaired) electrons. The zero-order valence-corrected chi connectivity index (χ0v) is 14.6. The number of rotatable bonds is 2. The smallest absolute Gasteiger partial charge is 0.251 e. The van der Waals surface area contributed by atoms with Gasteiger partial charge in [-0.1, -0.05) is 29.4 Å². The van der Waals surface area contributed by atoms with Crippen LogP contribution < -0.4 is 4.90 Å². The second-order valence-corrected chi connectivity index (χ2v) is 9.95. The van der Waals surface area contributed by atoms with Crippen molar-refractivity contribution in [1.82, 2.24) is 0 Å². The summed E-state index contributed by atoms with van der Waals surface area (Å²) in [5.74, 6) is 0.181. The second kappa shape index (κ2) is 5.50. The molecule has 1 amide bonds. The number of anilines is 1. The van der Waals surface area contributed by atoms with Gasteiger partial charge < -0.3 is 4.90 Å². The van der Waals surface area contributed by atoms with Crippen molar-refractivity contribution in [2.75, 3.05) is 16.4 Å². The van der Waals surface area contributed by atoms with Crippen LogP contribution in [0.25, 0.3) is 0 Å². The van der Waals surface area contributed by atoms with Crippen LogP contribution in [0.5, 0.6) is 0 Å². The van der Waals surface area contributed by atoms with Crippen LogP contribution in [0.3, 0.4) is 0 Å². The third kappa shape index (κ3) is 3.02. The molecule has 0 spiro atoms. The van der Waals surface area contributed by atoms with Crippen molar-refractivity contribution < 1.29 is 13.2 Å². The molecule has 2 aliphatic heterocycles. The van der Waals surface area contributed by atoms with Crippen molar-refractivity contribution in [2.24, 2.45) is 10.9 Å². The molecule has 1 saturated carbocycles. The maximum atomic E-state index is 12.1. The number of halogens is 1. The van der Waals surface area contributed by atoms with E-state index in [-0.39, 0.29) is 34.6 Å². The van der Waals surface area contributed by atoms with E-state index in [1.807, 2.05) is 17.0 Å². The number of nitrogens with zero attached hydrogens (tertiary/aromatic N) is 2. The van der Waals surface area contributed by atoms with Gasteiger partial charge in [-0.25, -0.2) is 8.42 Å².